The molecule has 0 aromatic heterocycles. The third-order valence-electron chi connectivity index (χ3n) is 7.37. The van der Waals surface area contributed by atoms with Gasteiger partial charge in [-0.15, -0.1) is 0 Å². The van der Waals surface area contributed by atoms with E-state index in [0.29, 0.717) is 12.8 Å². The molecular weight excluding hydrogens is 604 g/mol. The van der Waals surface area contributed by atoms with Crippen LogP contribution in [0.25, 0.3) is 0 Å². The van der Waals surface area contributed by atoms with Crippen LogP contribution >= 0.6 is 0 Å². The minimum atomic E-state index is -1.50. The van der Waals surface area contributed by atoms with Crippen molar-refractivity contribution in [1.29, 1.82) is 0 Å². The molecule has 2 aliphatic rings. The molecule has 2 aliphatic heterocycles. The lowest BCUT2D eigenvalue weighted by atomic mass is 10.0. The van der Waals surface area contributed by atoms with Crippen molar-refractivity contribution in [3.8, 4) is 0 Å². The van der Waals surface area contributed by atoms with E-state index in [9.17, 15) is 49.8 Å². The SMILES string of the molecule is CNC(=O)CCCCC(=O)N(CC(=O)NCCO[C@@H]1O[C@@H](C)[C@@H](O)[C@@H](O)[C@@H]1O)CC(=O)NCCO[C@@H]1O[C@@H](C)[C@@H](O)[C@@H](O)[C@@H]1O. The summed E-state index contributed by atoms with van der Waals surface area (Å²) in [5, 5.41) is 66.9. The minimum Gasteiger partial charge on any atom is -0.388 e. The van der Waals surface area contributed by atoms with Crippen LogP contribution in [0.15, 0.2) is 0 Å². The molecule has 2 saturated heterocycles. The van der Waals surface area contributed by atoms with Gasteiger partial charge in [-0.1, -0.05) is 0 Å². The topological polar surface area (TPSA) is 266 Å². The monoisotopic (exact) mass is 652 g/mol. The van der Waals surface area contributed by atoms with Crippen LogP contribution in [0.4, 0.5) is 0 Å². The van der Waals surface area contributed by atoms with E-state index in [1.54, 1.807) is 0 Å². The molecule has 0 aromatic carbocycles. The molecule has 4 amide bonds. The molecular formula is C27H48N4O14. The van der Waals surface area contributed by atoms with Crippen molar-refractivity contribution in [2.45, 2.75) is 101 Å². The van der Waals surface area contributed by atoms with Gasteiger partial charge in [0, 0.05) is 33.0 Å². The van der Waals surface area contributed by atoms with Crippen LogP contribution < -0.4 is 16.0 Å². The van der Waals surface area contributed by atoms with Crippen LogP contribution in [-0.4, -0.2) is 167 Å². The Labute approximate surface area is 260 Å². The Kier molecular flexibility index (Phi) is 16.5. The van der Waals surface area contributed by atoms with Crippen LogP contribution in [0.1, 0.15) is 39.5 Å². The number of unbranched alkanes of at least 4 members (excludes halogenated alkanes) is 1. The summed E-state index contributed by atoms with van der Waals surface area (Å²) in [4.78, 5) is 50.6. The Morgan fingerprint density at radius 2 is 1.07 bits per heavy atom. The van der Waals surface area contributed by atoms with Gasteiger partial charge >= 0.3 is 0 Å². The summed E-state index contributed by atoms with van der Waals surface area (Å²) in [5.41, 5.74) is 0. The number of amides is 4. The van der Waals surface area contributed by atoms with E-state index in [1.165, 1.54) is 20.9 Å². The number of carbonyl (C=O) groups is 4. The molecule has 0 aliphatic carbocycles. The number of aliphatic hydroxyl groups excluding tert-OH is 6. The van der Waals surface area contributed by atoms with Crippen LogP contribution in [-0.2, 0) is 38.1 Å². The molecule has 10 atom stereocenters. The first-order valence-corrected chi connectivity index (χ1v) is 14.9. The van der Waals surface area contributed by atoms with Crippen molar-refractivity contribution < 1.29 is 68.8 Å². The molecule has 2 rings (SSSR count). The van der Waals surface area contributed by atoms with Gasteiger partial charge in [0.25, 0.3) is 0 Å². The Bertz CT molecular complexity index is 904. The van der Waals surface area contributed by atoms with E-state index >= 15 is 0 Å². The first-order chi connectivity index (χ1) is 21.3. The molecule has 18 heteroatoms. The maximum absolute atomic E-state index is 12.9. The molecule has 0 aromatic rings. The lowest BCUT2D eigenvalue weighted by Crippen LogP contribution is -2.57. The number of rotatable bonds is 17. The Morgan fingerprint density at radius 3 is 1.49 bits per heavy atom. The average molecular weight is 653 g/mol. The van der Waals surface area contributed by atoms with Gasteiger partial charge in [0.1, 0.15) is 49.7 Å². The predicted octanol–water partition coefficient (Wildman–Crippen LogP) is -4.96. The van der Waals surface area contributed by atoms with Crippen molar-refractivity contribution in [1.82, 2.24) is 20.9 Å². The van der Waals surface area contributed by atoms with Gasteiger partial charge in [0.15, 0.2) is 12.6 Å². The predicted molar refractivity (Wildman–Crippen MR) is 152 cm³/mol. The number of nitrogens with zero attached hydrogens (tertiary/aromatic N) is 1. The summed E-state index contributed by atoms with van der Waals surface area (Å²) in [6.07, 6.45) is -11.6. The second kappa shape index (κ2) is 19.2. The summed E-state index contributed by atoms with van der Waals surface area (Å²) in [7, 11) is 1.50. The first kappa shape index (κ1) is 38.7. The molecule has 0 bridgehead atoms. The molecule has 45 heavy (non-hydrogen) atoms. The molecule has 9 N–H and O–H groups in total. The highest BCUT2D eigenvalue weighted by molar-refractivity contribution is 5.89. The van der Waals surface area contributed by atoms with Crippen LogP contribution in [0.5, 0.6) is 0 Å². The van der Waals surface area contributed by atoms with E-state index < -0.39 is 92.2 Å². The zero-order chi connectivity index (χ0) is 33.7. The largest absolute Gasteiger partial charge is 0.388 e. The fourth-order valence-corrected chi connectivity index (χ4v) is 4.57. The fraction of sp³-hybridized carbons (Fsp3) is 0.852. The first-order valence-electron chi connectivity index (χ1n) is 14.9. The van der Waals surface area contributed by atoms with Crippen molar-refractivity contribution in [3.63, 3.8) is 0 Å². The fourth-order valence-electron chi connectivity index (χ4n) is 4.57. The second-order valence-electron chi connectivity index (χ2n) is 10.9. The van der Waals surface area contributed by atoms with Gasteiger partial charge in [0.05, 0.1) is 25.4 Å². The number of nitrogens with one attached hydrogen (secondary N) is 3. The lowest BCUT2D eigenvalue weighted by molar-refractivity contribution is -0.292. The highest BCUT2D eigenvalue weighted by atomic mass is 16.7. The highest BCUT2D eigenvalue weighted by Gasteiger charge is 2.43. The second-order valence-corrected chi connectivity index (χ2v) is 10.9. The van der Waals surface area contributed by atoms with Crippen LogP contribution in [0.3, 0.4) is 0 Å². The normalized spacial score (nSPS) is 31.6. The third-order valence-corrected chi connectivity index (χ3v) is 7.37. The smallest absolute Gasteiger partial charge is 0.239 e. The average Bonchev–Trinajstić information content (AvgIpc) is 3.01. The van der Waals surface area contributed by atoms with Crippen molar-refractivity contribution >= 4 is 23.6 Å². The van der Waals surface area contributed by atoms with Gasteiger partial charge in [-0.25, -0.2) is 0 Å². The molecule has 0 saturated carbocycles. The van der Waals surface area contributed by atoms with Crippen molar-refractivity contribution in [2.75, 3.05) is 46.4 Å². The molecule has 0 radical (unpaired) electrons. The zero-order valence-electron chi connectivity index (χ0n) is 25.7. The van der Waals surface area contributed by atoms with E-state index in [4.69, 9.17) is 18.9 Å². The summed E-state index contributed by atoms with van der Waals surface area (Å²) < 4.78 is 21.4. The van der Waals surface area contributed by atoms with Crippen LogP contribution in [0, 0.1) is 0 Å². The Balaban J connectivity index is 1.83. The van der Waals surface area contributed by atoms with Gasteiger partial charge < -0.3 is 70.4 Å². The number of carbonyl (C=O) groups excluding carboxylic acids is 4. The maximum Gasteiger partial charge on any atom is 0.239 e. The number of ether oxygens (including phenoxy) is 4. The van der Waals surface area contributed by atoms with Gasteiger partial charge in [0.2, 0.25) is 23.6 Å². The molecule has 2 fully saturated rings. The number of aliphatic hydroxyl groups is 6. The quantitative estimate of drug-likeness (QED) is 0.0667. The number of hydrogen-bond acceptors (Lipinski definition) is 14. The zero-order valence-corrected chi connectivity index (χ0v) is 25.7. The molecule has 2 heterocycles. The summed E-state index contributed by atoms with van der Waals surface area (Å²) >= 11 is 0. The summed E-state index contributed by atoms with van der Waals surface area (Å²) in [6.45, 7) is 1.67. The Morgan fingerprint density at radius 1 is 0.644 bits per heavy atom. The van der Waals surface area contributed by atoms with Gasteiger partial charge in [-0.3, -0.25) is 19.2 Å². The Hall–Kier alpha value is -2.52. The molecule has 0 unspecified atom stereocenters. The standard InChI is InChI=1S/C27H48N4O14/c1-14-20(36)22(38)24(40)26(44-14)42-10-8-29-17(33)12-31(19(35)7-5-4-6-16(32)28-3)13-18(34)30-9-11-43-27-25(41)23(39)21(37)15(2)45-27/h14-15,20-27,36-41H,4-13H2,1-3H3,(H,28,32)(H,29,33)(H,30,34)/t14-,15-,20+,21+,22+,23+,24-,25-,26+,27+/m0/s1. The van der Waals surface area contributed by atoms with E-state index in [0.717, 1.165) is 4.90 Å². The van der Waals surface area contributed by atoms with Gasteiger partial charge in [-0.05, 0) is 26.7 Å². The maximum atomic E-state index is 12.9. The van der Waals surface area contributed by atoms with Gasteiger partial charge in [-0.2, -0.15) is 0 Å². The van der Waals surface area contributed by atoms with E-state index in [1.807, 2.05) is 0 Å². The highest BCUT2D eigenvalue weighted by Crippen LogP contribution is 2.22. The molecule has 18 nitrogen and oxygen atoms in total. The summed E-state index contributed by atoms with van der Waals surface area (Å²) in [5.74, 6) is -1.90. The van der Waals surface area contributed by atoms with Crippen molar-refractivity contribution in [3.05, 3.63) is 0 Å². The van der Waals surface area contributed by atoms with Crippen molar-refractivity contribution in [2.24, 2.45) is 0 Å². The van der Waals surface area contributed by atoms with Crippen LogP contribution in [0.2, 0.25) is 0 Å². The molecule has 0 spiro atoms. The molecule has 260 valence electrons. The number of hydrogen-bond donors (Lipinski definition) is 9. The third kappa shape index (κ3) is 12.3. The minimum absolute atomic E-state index is 0.0175. The lowest BCUT2D eigenvalue weighted by Gasteiger charge is -2.38. The van der Waals surface area contributed by atoms with E-state index in [-0.39, 0.29) is 45.1 Å². The van der Waals surface area contributed by atoms with E-state index in [2.05, 4.69) is 16.0 Å². The summed E-state index contributed by atoms with van der Waals surface area (Å²) in [6, 6.07) is 0.